The number of anilines is 2. The number of amides is 1. The van der Waals surface area contributed by atoms with Crippen molar-refractivity contribution in [1.82, 2.24) is 4.98 Å². The maximum Gasteiger partial charge on any atom is 0.250 e. The monoisotopic (exact) mass is 304 g/mol. The van der Waals surface area contributed by atoms with E-state index in [0.717, 1.165) is 0 Å². The third-order valence-corrected chi connectivity index (χ3v) is 3.12. The van der Waals surface area contributed by atoms with Crippen LogP contribution in [0.2, 0.25) is 0 Å². The molecule has 2 aromatic rings. The second-order valence-electron chi connectivity index (χ2n) is 4.57. The van der Waals surface area contributed by atoms with Gasteiger partial charge in [-0.2, -0.15) is 10.5 Å². The SMILES string of the molecule is N#Cc1c(N)nc(/C(=C\c2ccccc2)C(N)=O)c(C#N)c1N. The number of primary amides is 1. The van der Waals surface area contributed by atoms with Crippen LogP contribution in [0.15, 0.2) is 30.3 Å². The van der Waals surface area contributed by atoms with E-state index in [4.69, 9.17) is 22.5 Å². The van der Waals surface area contributed by atoms with Crippen LogP contribution in [-0.4, -0.2) is 10.9 Å². The Hall–Kier alpha value is -3.84. The van der Waals surface area contributed by atoms with Gasteiger partial charge < -0.3 is 17.2 Å². The molecule has 112 valence electrons. The number of aromatic nitrogens is 1. The predicted octanol–water partition coefficient (Wildman–Crippen LogP) is 1.02. The number of carbonyl (C=O) groups is 1. The average Bonchev–Trinajstić information content (AvgIpc) is 2.53. The van der Waals surface area contributed by atoms with Crippen LogP contribution in [0.5, 0.6) is 0 Å². The molecule has 1 aromatic heterocycles. The lowest BCUT2D eigenvalue weighted by Crippen LogP contribution is -2.17. The summed E-state index contributed by atoms with van der Waals surface area (Å²) < 4.78 is 0. The van der Waals surface area contributed by atoms with Gasteiger partial charge in [-0.15, -0.1) is 0 Å². The molecule has 1 heterocycles. The Morgan fingerprint density at radius 3 is 2.22 bits per heavy atom. The lowest BCUT2D eigenvalue weighted by atomic mass is 10.00. The first-order valence-electron chi connectivity index (χ1n) is 6.45. The zero-order valence-corrected chi connectivity index (χ0v) is 11.9. The number of pyridine rings is 1. The fourth-order valence-corrected chi connectivity index (χ4v) is 2.02. The van der Waals surface area contributed by atoms with Crippen molar-refractivity contribution >= 4 is 29.1 Å². The summed E-state index contributed by atoms with van der Waals surface area (Å²) in [5.74, 6) is -0.958. The largest absolute Gasteiger partial charge is 0.396 e. The van der Waals surface area contributed by atoms with Crippen molar-refractivity contribution in [3.05, 3.63) is 52.7 Å². The Bertz CT molecular complexity index is 888. The van der Waals surface area contributed by atoms with Gasteiger partial charge in [0.1, 0.15) is 29.1 Å². The van der Waals surface area contributed by atoms with Gasteiger partial charge in [-0.05, 0) is 11.6 Å². The Balaban J connectivity index is 2.77. The van der Waals surface area contributed by atoms with E-state index in [0.29, 0.717) is 5.56 Å². The molecular formula is C16H12N6O. The Morgan fingerprint density at radius 1 is 1.09 bits per heavy atom. The minimum absolute atomic E-state index is 0.0179. The van der Waals surface area contributed by atoms with E-state index in [2.05, 4.69) is 4.98 Å². The van der Waals surface area contributed by atoms with E-state index < -0.39 is 5.91 Å². The molecule has 0 unspecified atom stereocenters. The number of hydrogen-bond acceptors (Lipinski definition) is 6. The van der Waals surface area contributed by atoms with Gasteiger partial charge in [0.25, 0.3) is 5.91 Å². The molecular weight excluding hydrogens is 292 g/mol. The zero-order valence-electron chi connectivity index (χ0n) is 11.9. The minimum atomic E-state index is -0.790. The lowest BCUT2D eigenvalue weighted by molar-refractivity contribution is -0.112. The highest BCUT2D eigenvalue weighted by Gasteiger charge is 2.21. The zero-order chi connectivity index (χ0) is 17.0. The summed E-state index contributed by atoms with van der Waals surface area (Å²) in [6.45, 7) is 0. The van der Waals surface area contributed by atoms with Crippen LogP contribution >= 0.6 is 0 Å². The molecule has 2 rings (SSSR count). The first-order valence-corrected chi connectivity index (χ1v) is 6.45. The van der Waals surface area contributed by atoms with Crippen molar-refractivity contribution in [2.75, 3.05) is 11.5 Å². The van der Waals surface area contributed by atoms with Crippen LogP contribution in [0, 0.1) is 22.7 Å². The van der Waals surface area contributed by atoms with Crippen molar-refractivity contribution < 1.29 is 4.79 Å². The van der Waals surface area contributed by atoms with Gasteiger partial charge in [-0.25, -0.2) is 4.98 Å². The number of nitriles is 2. The Kier molecular flexibility index (Phi) is 4.25. The third kappa shape index (κ3) is 2.94. The molecule has 1 aromatic carbocycles. The summed E-state index contributed by atoms with van der Waals surface area (Å²) in [5, 5.41) is 18.3. The smallest absolute Gasteiger partial charge is 0.250 e. The minimum Gasteiger partial charge on any atom is -0.396 e. The van der Waals surface area contributed by atoms with E-state index in [1.54, 1.807) is 30.3 Å². The van der Waals surface area contributed by atoms with Gasteiger partial charge in [0.15, 0.2) is 0 Å². The van der Waals surface area contributed by atoms with Crippen molar-refractivity contribution in [1.29, 1.82) is 10.5 Å². The standard InChI is InChI=1S/C16H12N6O/c17-7-11-13(19)12(8-18)15(20)22-14(11)10(16(21)23)6-9-4-2-1-3-5-9/h1-6H,(H2,21,23)(H4,19,20,22)/b10-6+. The number of carbonyl (C=O) groups excluding carboxylic acids is 1. The van der Waals surface area contributed by atoms with Crippen LogP contribution < -0.4 is 17.2 Å². The normalized spacial score (nSPS) is 10.6. The molecule has 23 heavy (non-hydrogen) atoms. The summed E-state index contributed by atoms with van der Waals surface area (Å²) in [6.07, 6.45) is 1.48. The van der Waals surface area contributed by atoms with Gasteiger partial charge in [-0.1, -0.05) is 30.3 Å². The van der Waals surface area contributed by atoms with Crippen LogP contribution in [0.25, 0.3) is 11.6 Å². The first kappa shape index (κ1) is 15.5. The lowest BCUT2D eigenvalue weighted by Gasteiger charge is -2.11. The van der Waals surface area contributed by atoms with E-state index in [1.807, 2.05) is 12.1 Å². The molecule has 0 saturated carbocycles. The molecule has 7 heteroatoms. The second kappa shape index (κ2) is 6.29. The molecule has 0 atom stereocenters. The van der Waals surface area contributed by atoms with Gasteiger partial charge >= 0.3 is 0 Å². The Morgan fingerprint density at radius 2 is 1.70 bits per heavy atom. The van der Waals surface area contributed by atoms with Crippen LogP contribution in [-0.2, 0) is 4.79 Å². The van der Waals surface area contributed by atoms with Crippen LogP contribution in [0.4, 0.5) is 11.5 Å². The van der Waals surface area contributed by atoms with Gasteiger partial charge in [-0.3, -0.25) is 4.79 Å². The molecule has 0 aliphatic heterocycles. The highest BCUT2D eigenvalue weighted by atomic mass is 16.1. The Labute approximate surface area is 132 Å². The highest BCUT2D eigenvalue weighted by molar-refractivity contribution is 6.23. The molecule has 0 bridgehead atoms. The van der Waals surface area contributed by atoms with E-state index in [1.165, 1.54) is 6.08 Å². The predicted molar refractivity (Wildman–Crippen MR) is 86.0 cm³/mol. The van der Waals surface area contributed by atoms with Crippen molar-refractivity contribution in [3.63, 3.8) is 0 Å². The molecule has 0 saturated heterocycles. The maximum absolute atomic E-state index is 11.8. The number of rotatable bonds is 3. The summed E-state index contributed by atoms with van der Waals surface area (Å²) in [5.41, 5.74) is 17.2. The van der Waals surface area contributed by atoms with E-state index in [-0.39, 0.29) is 33.9 Å². The molecule has 7 nitrogen and oxygen atoms in total. The van der Waals surface area contributed by atoms with Crippen molar-refractivity contribution in [3.8, 4) is 12.1 Å². The first-order chi connectivity index (χ1) is 11.0. The summed E-state index contributed by atoms with van der Waals surface area (Å²) >= 11 is 0. The molecule has 0 fully saturated rings. The van der Waals surface area contributed by atoms with E-state index >= 15 is 0 Å². The molecule has 0 radical (unpaired) electrons. The topological polar surface area (TPSA) is 156 Å². The maximum atomic E-state index is 11.8. The van der Waals surface area contributed by atoms with Gasteiger partial charge in [0.05, 0.1) is 17.0 Å². The van der Waals surface area contributed by atoms with E-state index in [9.17, 15) is 10.1 Å². The highest BCUT2D eigenvalue weighted by Crippen LogP contribution is 2.29. The van der Waals surface area contributed by atoms with Crippen molar-refractivity contribution in [2.45, 2.75) is 0 Å². The fraction of sp³-hybridized carbons (Fsp3) is 0. The number of benzene rings is 1. The molecule has 0 aliphatic carbocycles. The number of nitrogens with zero attached hydrogens (tertiary/aromatic N) is 3. The molecule has 6 N–H and O–H groups in total. The fourth-order valence-electron chi connectivity index (χ4n) is 2.02. The van der Waals surface area contributed by atoms with Gasteiger partial charge in [0, 0.05) is 0 Å². The van der Waals surface area contributed by atoms with Crippen LogP contribution in [0.1, 0.15) is 22.4 Å². The third-order valence-electron chi connectivity index (χ3n) is 3.12. The number of nitrogen functional groups attached to an aromatic ring is 2. The molecule has 1 amide bonds. The number of nitrogens with two attached hydrogens (primary N) is 3. The van der Waals surface area contributed by atoms with Crippen molar-refractivity contribution in [2.24, 2.45) is 5.73 Å². The van der Waals surface area contributed by atoms with Crippen LogP contribution in [0.3, 0.4) is 0 Å². The quantitative estimate of drug-likeness (QED) is 0.718. The summed E-state index contributed by atoms with van der Waals surface area (Å²) in [6, 6.07) is 12.5. The second-order valence-corrected chi connectivity index (χ2v) is 4.57. The number of hydrogen-bond donors (Lipinski definition) is 3. The average molecular weight is 304 g/mol. The van der Waals surface area contributed by atoms with Gasteiger partial charge in [0.2, 0.25) is 0 Å². The molecule has 0 aliphatic rings. The molecule has 0 spiro atoms. The summed E-state index contributed by atoms with van der Waals surface area (Å²) in [4.78, 5) is 15.8. The summed E-state index contributed by atoms with van der Waals surface area (Å²) in [7, 11) is 0.